The van der Waals surface area contributed by atoms with Gasteiger partial charge in [0.1, 0.15) is 0 Å². The zero-order valence-electron chi connectivity index (χ0n) is 16.7. The monoisotopic (exact) mass is 386 g/mol. The quantitative estimate of drug-likeness (QED) is 0.294. The standard InChI is InChI=1S/C15H13Si.C13H9/c1-16(2)15-12-5-6-13-11-4-3-9(12)7-10(11)8-14(13)15;1-3-7-12-10(5-1)9-11-6-2-4-8-13(11)12/h3-8,16H,1-2H3;1-9H. The SMILES string of the molecule is C[SiH](C)c1c2ccc3c1[CH]c1cc-2ccc1-3.[CH]1c2ccccc2-c2ccccc21. The third kappa shape index (κ3) is 2.51. The van der Waals surface area contributed by atoms with Crippen LogP contribution in [0.5, 0.6) is 0 Å². The van der Waals surface area contributed by atoms with Gasteiger partial charge in [0.05, 0.1) is 8.80 Å². The van der Waals surface area contributed by atoms with E-state index in [4.69, 9.17) is 0 Å². The highest BCUT2D eigenvalue weighted by atomic mass is 28.3. The Morgan fingerprint density at radius 3 is 1.79 bits per heavy atom. The first-order valence-corrected chi connectivity index (χ1v) is 13.3. The van der Waals surface area contributed by atoms with E-state index >= 15 is 0 Å². The van der Waals surface area contributed by atoms with Crippen LogP contribution in [0.1, 0.15) is 22.3 Å². The molecule has 0 spiro atoms. The molecule has 0 amide bonds. The maximum atomic E-state index is 2.43. The molecule has 0 fully saturated rings. The number of rotatable bonds is 1. The average Bonchev–Trinajstić information content (AvgIpc) is 3.27. The van der Waals surface area contributed by atoms with Crippen LogP contribution in [0.15, 0.2) is 78.9 Å². The Labute approximate surface area is 174 Å². The van der Waals surface area contributed by atoms with Crippen LogP contribution in [0.2, 0.25) is 13.1 Å². The second kappa shape index (κ2) is 6.30. The van der Waals surface area contributed by atoms with Gasteiger partial charge in [-0.3, -0.25) is 0 Å². The molecule has 0 N–H and O–H groups in total. The fourth-order valence-corrected chi connectivity index (χ4v) is 6.80. The van der Waals surface area contributed by atoms with Gasteiger partial charge in [-0.05, 0) is 61.7 Å². The molecule has 3 aliphatic carbocycles. The number of hydrogen-bond donors (Lipinski definition) is 0. The normalized spacial score (nSPS) is 13.2. The Bertz CT molecular complexity index is 1240. The fourth-order valence-electron chi connectivity index (χ4n) is 5.05. The Morgan fingerprint density at radius 2 is 1.10 bits per heavy atom. The second-order valence-corrected chi connectivity index (χ2v) is 11.3. The summed E-state index contributed by atoms with van der Waals surface area (Å²) in [6.45, 7) is 4.86. The lowest BCUT2D eigenvalue weighted by Crippen LogP contribution is -2.28. The molecule has 29 heavy (non-hydrogen) atoms. The summed E-state index contributed by atoms with van der Waals surface area (Å²) in [5.74, 6) is 0. The first-order chi connectivity index (χ1) is 14.2. The van der Waals surface area contributed by atoms with Crippen LogP contribution >= 0.6 is 0 Å². The van der Waals surface area contributed by atoms with Gasteiger partial charge in [0, 0.05) is 12.8 Å². The maximum absolute atomic E-state index is 2.43. The number of fused-ring (bicyclic) bond motifs is 7. The van der Waals surface area contributed by atoms with Crippen molar-refractivity contribution in [1.29, 1.82) is 0 Å². The maximum Gasteiger partial charge on any atom is 0.0659 e. The lowest BCUT2D eigenvalue weighted by Gasteiger charge is -2.18. The van der Waals surface area contributed by atoms with E-state index in [0.29, 0.717) is 0 Å². The average molecular weight is 387 g/mol. The van der Waals surface area contributed by atoms with Crippen LogP contribution in [0.25, 0.3) is 33.4 Å². The van der Waals surface area contributed by atoms with Gasteiger partial charge < -0.3 is 0 Å². The molecule has 138 valence electrons. The molecule has 2 radical (unpaired) electrons. The molecular formula is C28H22Si. The van der Waals surface area contributed by atoms with Crippen LogP contribution in [0.3, 0.4) is 0 Å². The summed E-state index contributed by atoms with van der Waals surface area (Å²) in [6, 6.07) is 28.6. The molecule has 0 saturated heterocycles. The van der Waals surface area contributed by atoms with E-state index in [9.17, 15) is 0 Å². The Balaban J connectivity index is 0.000000117. The van der Waals surface area contributed by atoms with Crippen molar-refractivity contribution < 1.29 is 0 Å². The third-order valence-electron chi connectivity index (χ3n) is 6.34. The van der Waals surface area contributed by atoms with E-state index in [1.54, 1.807) is 5.19 Å². The lowest BCUT2D eigenvalue weighted by atomic mass is 9.94. The van der Waals surface area contributed by atoms with Gasteiger partial charge >= 0.3 is 0 Å². The Hall–Kier alpha value is -2.90. The molecule has 4 bridgehead atoms. The van der Waals surface area contributed by atoms with Crippen LogP contribution in [0, 0.1) is 12.8 Å². The van der Waals surface area contributed by atoms with Gasteiger partial charge in [-0.15, -0.1) is 0 Å². The Morgan fingerprint density at radius 1 is 0.517 bits per heavy atom. The van der Waals surface area contributed by atoms with E-state index in [-0.39, 0.29) is 0 Å². The highest BCUT2D eigenvalue weighted by Crippen LogP contribution is 2.43. The predicted octanol–water partition coefficient (Wildman–Crippen LogP) is 6.21. The molecule has 0 saturated carbocycles. The van der Waals surface area contributed by atoms with Crippen molar-refractivity contribution in [1.82, 2.24) is 0 Å². The summed E-state index contributed by atoms with van der Waals surface area (Å²) in [5.41, 5.74) is 14.1. The second-order valence-electron chi connectivity index (χ2n) is 8.41. The minimum absolute atomic E-state index is 0.769. The van der Waals surface area contributed by atoms with Crippen molar-refractivity contribution in [2.75, 3.05) is 0 Å². The van der Waals surface area contributed by atoms with E-state index in [0.717, 1.165) is 0 Å². The molecule has 0 nitrogen and oxygen atoms in total. The molecule has 7 rings (SSSR count). The topological polar surface area (TPSA) is 0 Å². The molecule has 0 aromatic heterocycles. The van der Waals surface area contributed by atoms with Gasteiger partial charge in [-0.1, -0.05) is 91.1 Å². The number of hydrogen-bond acceptors (Lipinski definition) is 0. The molecule has 1 heteroatoms. The highest BCUT2D eigenvalue weighted by molar-refractivity contribution is 6.73. The van der Waals surface area contributed by atoms with Crippen LogP contribution in [-0.2, 0) is 0 Å². The summed E-state index contributed by atoms with van der Waals surface area (Å²) < 4.78 is 0. The molecule has 4 aromatic carbocycles. The first kappa shape index (κ1) is 17.0. The minimum atomic E-state index is -0.769. The van der Waals surface area contributed by atoms with Crippen molar-refractivity contribution in [2.45, 2.75) is 13.1 Å². The van der Waals surface area contributed by atoms with Crippen molar-refractivity contribution in [3.63, 3.8) is 0 Å². The summed E-state index contributed by atoms with van der Waals surface area (Å²) in [4.78, 5) is 0. The Kier molecular flexibility index (Phi) is 3.69. The number of benzene rings is 4. The van der Waals surface area contributed by atoms with Gasteiger partial charge in [-0.25, -0.2) is 0 Å². The van der Waals surface area contributed by atoms with Crippen LogP contribution < -0.4 is 5.19 Å². The predicted molar refractivity (Wildman–Crippen MR) is 126 cm³/mol. The van der Waals surface area contributed by atoms with Gasteiger partial charge in [0.2, 0.25) is 0 Å². The zero-order valence-corrected chi connectivity index (χ0v) is 17.9. The van der Waals surface area contributed by atoms with Crippen molar-refractivity contribution >= 4 is 14.0 Å². The molecule has 4 aromatic rings. The molecule has 0 unspecified atom stereocenters. The molecule has 0 atom stereocenters. The molecule has 0 aliphatic heterocycles. The van der Waals surface area contributed by atoms with Crippen molar-refractivity contribution in [2.24, 2.45) is 0 Å². The highest BCUT2D eigenvalue weighted by Gasteiger charge is 2.28. The van der Waals surface area contributed by atoms with Gasteiger partial charge in [0.15, 0.2) is 0 Å². The smallest absolute Gasteiger partial charge is 0.0659 e. The fraction of sp³-hybridized carbons (Fsp3) is 0.0714. The van der Waals surface area contributed by atoms with E-state index < -0.39 is 8.80 Å². The van der Waals surface area contributed by atoms with Crippen LogP contribution in [0.4, 0.5) is 0 Å². The molecular weight excluding hydrogens is 364 g/mol. The van der Waals surface area contributed by atoms with Crippen LogP contribution in [-0.4, -0.2) is 8.80 Å². The first-order valence-electron chi connectivity index (χ1n) is 10.4. The zero-order chi connectivity index (χ0) is 19.5. The minimum Gasteiger partial charge on any atom is -0.0682 e. The summed E-state index contributed by atoms with van der Waals surface area (Å²) in [6.07, 6.45) is 4.64. The van der Waals surface area contributed by atoms with E-state index in [1.165, 1.54) is 55.6 Å². The summed E-state index contributed by atoms with van der Waals surface area (Å²) in [5, 5.41) is 1.66. The van der Waals surface area contributed by atoms with Crippen molar-refractivity contribution in [3.8, 4) is 33.4 Å². The third-order valence-corrected chi connectivity index (χ3v) is 8.12. The van der Waals surface area contributed by atoms with E-state index in [2.05, 4.69) is 105 Å². The van der Waals surface area contributed by atoms with Crippen molar-refractivity contribution in [3.05, 3.63) is 114 Å². The summed E-state index contributed by atoms with van der Waals surface area (Å²) >= 11 is 0. The van der Waals surface area contributed by atoms with E-state index in [1.807, 2.05) is 0 Å². The molecule has 0 heterocycles. The largest absolute Gasteiger partial charge is 0.0682 e. The molecule has 3 aliphatic rings. The van der Waals surface area contributed by atoms with Gasteiger partial charge in [0.25, 0.3) is 0 Å². The lowest BCUT2D eigenvalue weighted by molar-refractivity contribution is 1.54. The van der Waals surface area contributed by atoms with Gasteiger partial charge in [-0.2, -0.15) is 0 Å². The summed E-state index contributed by atoms with van der Waals surface area (Å²) in [7, 11) is -0.769.